The van der Waals surface area contributed by atoms with E-state index in [1.165, 1.54) is 0 Å². The molecule has 92 valence electrons. The molecule has 0 saturated carbocycles. The van der Waals surface area contributed by atoms with Crippen molar-refractivity contribution < 1.29 is 19.0 Å². The third-order valence-corrected chi connectivity index (χ3v) is 2.28. The number of carboxylic acid groups (broad SMARTS) is 1. The maximum Gasteiger partial charge on any atom is 0.341 e. The molecule has 1 aromatic carbocycles. The number of hydrogen-bond acceptors (Lipinski definition) is 3. The second kappa shape index (κ2) is 4.83. The molecule has 0 bridgehead atoms. The van der Waals surface area contributed by atoms with Gasteiger partial charge in [0.1, 0.15) is 17.1 Å². The van der Waals surface area contributed by atoms with Gasteiger partial charge in [0.2, 0.25) is 5.88 Å². The minimum atomic E-state index is -1.29. The second-order valence-corrected chi connectivity index (χ2v) is 3.73. The number of benzene rings is 1. The normalized spacial score (nSPS) is 10.1. The van der Waals surface area contributed by atoms with E-state index in [0.717, 1.165) is 17.8 Å². The van der Waals surface area contributed by atoms with Crippen LogP contribution in [0.3, 0.4) is 0 Å². The van der Waals surface area contributed by atoms with Gasteiger partial charge >= 0.3 is 5.97 Å². The number of aromatic nitrogens is 1. The van der Waals surface area contributed by atoms with Crippen LogP contribution in [0.1, 0.15) is 15.9 Å². The summed E-state index contributed by atoms with van der Waals surface area (Å²) in [6, 6.07) is 7.88. The van der Waals surface area contributed by atoms with Crippen molar-refractivity contribution in [3.05, 3.63) is 53.5 Å². The van der Waals surface area contributed by atoms with Crippen molar-refractivity contribution in [1.82, 2.24) is 4.98 Å². The van der Waals surface area contributed by atoms with Crippen LogP contribution in [-0.4, -0.2) is 16.1 Å². The van der Waals surface area contributed by atoms with E-state index in [0.29, 0.717) is 5.75 Å². The Hall–Kier alpha value is -2.43. The van der Waals surface area contributed by atoms with Gasteiger partial charge in [-0.2, -0.15) is 0 Å². The number of ether oxygens (including phenoxy) is 1. The van der Waals surface area contributed by atoms with Crippen LogP contribution in [0, 0.1) is 12.7 Å². The number of nitrogens with zero attached hydrogens (tertiary/aromatic N) is 1. The molecule has 0 aliphatic heterocycles. The zero-order valence-electron chi connectivity index (χ0n) is 9.55. The first-order chi connectivity index (χ1) is 8.56. The van der Waals surface area contributed by atoms with Crippen LogP contribution >= 0.6 is 0 Å². The van der Waals surface area contributed by atoms with Crippen molar-refractivity contribution in [2.24, 2.45) is 0 Å². The molecule has 0 atom stereocenters. The number of aromatic carboxylic acids is 1. The molecule has 0 aliphatic carbocycles. The number of aryl methyl sites for hydroxylation is 1. The zero-order chi connectivity index (χ0) is 13.1. The zero-order valence-corrected chi connectivity index (χ0v) is 9.55. The SMILES string of the molecule is Cc1ccc(Oc2ncc(F)cc2C(=O)O)cc1. The lowest BCUT2D eigenvalue weighted by Crippen LogP contribution is -2.02. The maximum atomic E-state index is 12.9. The summed E-state index contributed by atoms with van der Waals surface area (Å²) in [7, 11) is 0. The van der Waals surface area contributed by atoms with Gasteiger partial charge in [0.05, 0.1) is 6.20 Å². The van der Waals surface area contributed by atoms with Gasteiger partial charge in [-0.1, -0.05) is 17.7 Å². The van der Waals surface area contributed by atoms with E-state index in [9.17, 15) is 9.18 Å². The first-order valence-corrected chi connectivity index (χ1v) is 5.19. The third-order valence-electron chi connectivity index (χ3n) is 2.28. The maximum absolute atomic E-state index is 12.9. The molecule has 18 heavy (non-hydrogen) atoms. The van der Waals surface area contributed by atoms with Gasteiger partial charge in [0.25, 0.3) is 0 Å². The molecule has 0 saturated heterocycles. The number of halogens is 1. The molecule has 1 heterocycles. The number of rotatable bonds is 3. The molecule has 2 rings (SSSR count). The van der Waals surface area contributed by atoms with Gasteiger partial charge in [-0.25, -0.2) is 14.2 Å². The molecule has 0 unspecified atom stereocenters. The fraction of sp³-hybridized carbons (Fsp3) is 0.0769. The Labute approximate surface area is 103 Å². The summed E-state index contributed by atoms with van der Waals surface area (Å²) in [5.74, 6) is -1.69. The summed E-state index contributed by atoms with van der Waals surface area (Å²) in [6.45, 7) is 1.92. The summed E-state index contributed by atoms with van der Waals surface area (Å²) in [4.78, 5) is 14.6. The van der Waals surface area contributed by atoms with E-state index in [-0.39, 0.29) is 11.4 Å². The number of hydrogen-bond donors (Lipinski definition) is 1. The Morgan fingerprint density at radius 3 is 2.61 bits per heavy atom. The highest BCUT2D eigenvalue weighted by molar-refractivity contribution is 5.90. The summed E-state index contributed by atoms with van der Waals surface area (Å²) in [5.41, 5.74) is 0.739. The van der Waals surface area contributed by atoms with Gasteiger partial charge in [-0.15, -0.1) is 0 Å². The number of carboxylic acids is 1. The molecule has 0 amide bonds. The standard InChI is InChI=1S/C13H10FNO3/c1-8-2-4-10(5-3-8)18-12-11(13(16)17)6-9(14)7-15-12/h2-7H,1H3,(H,16,17). The highest BCUT2D eigenvalue weighted by atomic mass is 19.1. The van der Waals surface area contributed by atoms with Crippen LogP contribution in [0.2, 0.25) is 0 Å². The molecular formula is C13H10FNO3. The van der Waals surface area contributed by atoms with E-state index < -0.39 is 11.8 Å². The molecule has 4 nitrogen and oxygen atoms in total. The molecule has 0 spiro atoms. The van der Waals surface area contributed by atoms with Crippen molar-refractivity contribution in [1.29, 1.82) is 0 Å². The van der Waals surface area contributed by atoms with E-state index in [2.05, 4.69) is 4.98 Å². The minimum absolute atomic E-state index is 0.132. The Morgan fingerprint density at radius 1 is 1.33 bits per heavy atom. The van der Waals surface area contributed by atoms with Crippen LogP contribution in [0.15, 0.2) is 36.5 Å². The van der Waals surface area contributed by atoms with E-state index >= 15 is 0 Å². The predicted octanol–water partition coefficient (Wildman–Crippen LogP) is 3.02. The largest absolute Gasteiger partial charge is 0.477 e. The molecular weight excluding hydrogens is 237 g/mol. The predicted molar refractivity (Wildman–Crippen MR) is 62.4 cm³/mol. The van der Waals surface area contributed by atoms with Crippen LogP contribution < -0.4 is 4.74 Å². The second-order valence-electron chi connectivity index (χ2n) is 3.73. The quantitative estimate of drug-likeness (QED) is 0.905. The first-order valence-electron chi connectivity index (χ1n) is 5.19. The lowest BCUT2D eigenvalue weighted by Gasteiger charge is -2.07. The van der Waals surface area contributed by atoms with Gasteiger partial charge in [0.15, 0.2) is 0 Å². The van der Waals surface area contributed by atoms with Crippen LogP contribution in [0.4, 0.5) is 4.39 Å². The van der Waals surface area contributed by atoms with Crippen molar-refractivity contribution >= 4 is 5.97 Å². The van der Waals surface area contributed by atoms with Gasteiger partial charge < -0.3 is 9.84 Å². The van der Waals surface area contributed by atoms with Crippen LogP contribution in [0.25, 0.3) is 0 Å². The molecule has 0 fully saturated rings. The third kappa shape index (κ3) is 2.63. The fourth-order valence-corrected chi connectivity index (χ4v) is 1.38. The number of carbonyl (C=O) groups is 1. The lowest BCUT2D eigenvalue weighted by molar-refractivity contribution is 0.0692. The highest BCUT2D eigenvalue weighted by Gasteiger charge is 2.14. The number of pyridine rings is 1. The van der Waals surface area contributed by atoms with E-state index in [4.69, 9.17) is 9.84 Å². The summed E-state index contributed by atoms with van der Waals surface area (Å²) >= 11 is 0. The Kier molecular flexibility index (Phi) is 3.23. The van der Waals surface area contributed by atoms with E-state index in [1.54, 1.807) is 12.1 Å². The van der Waals surface area contributed by atoms with Gasteiger partial charge in [0, 0.05) is 0 Å². The lowest BCUT2D eigenvalue weighted by atomic mass is 10.2. The Bertz CT molecular complexity index is 581. The average Bonchev–Trinajstić information content (AvgIpc) is 2.34. The van der Waals surface area contributed by atoms with Crippen molar-refractivity contribution in [2.75, 3.05) is 0 Å². The van der Waals surface area contributed by atoms with Crippen LogP contribution in [0.5, 0.6) is 11.6 Å². The molecule has 1 N–H and O–H groups in total. The Balaban J connectivity index is 2.34. The summed E-state index contributed by atoms with van der Waals surface area (Å²) in [6.07, 6.45) is 0.913. The topological polar surface area (TPSA) is 59.4 Å². The average molecular weight is 247 g/mol. The summed E-state index contributed by atoms with van der Waals surface area (Å²) in [5, 5.41) is 8.93. The molecule has 0 radical (unpaired) electrons. The molecule has 1 aromatic heterocycles. The monoisotopic (exact) mass is 247 g/mol. The van der Waals surface area contributed by atoms with Crippen molar-refractivity contribution in [3.63, 3.8) is 0 Å². The summed E-state index contributed by atoms with van der Waals surface area (Å²) < 4.78 is 18.2. The highest BCUT2D eigenvalue weighted by Crippen LogP contribution is 2.23. The van der Waals surface area contributed by atoms with Crippen molar-refractivity contribution in [2.45, 2.75) is 6.92 Å². The molecule has 2 aromatic rings. The van der Waals surface area contributed by atoms with Crippen molar-refractivity contribution in [3.8, 4) is 11.6 Å². The van der Waals surface area contributed by atoms with Gasteiger partial charge in [-0.05, 0) is 25.1 Å². The minimum Gasteiger partial charge on any atom is -0.477 e. The van der Waals surface area contributed by atoms with E-state index in [1.807, 2.05) is 19.1 Å². The Morgan fingerprint density at radius 2 is 2.00 bits per heavy atom. The fourth-order valence-electron chi connectivity index (χ4n) is 1.38. The van der Waals surface area contributed by atoms with Crippen LogP contribution in [-0.2, 0) is 0 Å². The van der Waals surface area contributed by atoms with Gasteiger partial charge in [-0.3, -0.25) is 0 Å². The first kappa shape index (κ1) is 12.0. The molecule has 5 heteroatoms. The smallest absolute Gasteiger partial charge is 0.341 e. The molecule has 0 aliphatic rings.